The van der Waals surface area contributed by atoms with Gasteiger partial charge in [0.2, 0.25) is 0 Å². The molecule has 0 bridgehead atoms. The molecule has 21 heavy (non-hydrogen) atoms. The Kier molecular flexibility index (Phi) is 4.87. The lowest BCUT2D eigenvalue weighted by atomic mass is 10.1. The van der Waals surface area contributed by atoms with Crippen molar-refractivity contribution in [3.05, 3.63) is 48.5 Å². The summed E-state index contributed by atoms with van der Waals surface area (Å²) in [6.07, 6.45) is 4.16. The van der Waals surface area contributed by atoms with Gasteiger partial charge in [-0.05, 0) is 31.2 Å². The first-order valence-corrected chi connectivity index (χ1v) is 8.12. The maximum Gasteiger partial charge on any atom is 0.261 e. The molecular formula is C14H18N4O2S. The van der Waals surface area contributed by atoms with Crippen molar-refractivity contribution in [2.45, 2.75) is 24.8 Å². The number of nitrogens with one attached hydrogen (secondary N) is 2. The number of anilines is 1. The first-order valence-electron chi connectivity index (χ1n) is 6.64. The number of sulfonamides is 1. The van der Waals surface area contributed by atoms with Gasteiger partial charge < -0.3 is 5.32 Å². The van der Waals surface area contributed by atoms with Crippen LogP contribution in [-0.2, 0) is 10.0 Å². The van der Waals surface area contributed by atoms with E-state index in [1.54, 1.807) is 12.1 Å². The molecule has 1 aromatic heterocycles. The molecule has 7 heteroatoms. The van der Waals surface area contributed by atoms with Gasteiger partial charge in [0.25, 0.3) is 10.0 Å². The predicted octanol–water partition coefficient (Wildman–Crippen LogP) is 1.95. The fraction of sp³-hybridized carbons (Fsp3) is 0.286. The molecule has 0 fully saturated rings. The fourth-order valence-corrected chi connectivity index (χ4v) is 2.95. The highest BCUT2D eigenvalue weighted by molar-refractivity contribution is 7.92. The molecule has 0 saturated carbocycles. The summed E-state index contributed by atoms with van der Waals surface area (Å²) in [5, 5.41) is 3.28. The predicted molar refractivity (Wildman–Crippen MR) is 81.4 cm³/mol. The molecule has 0 radical (unpaired) electrons. The van der Waals surface area contributed by atoms with Crippen LogP contribution >= 0.6 is 0 Å². The number of aromatic nitrogens is 2. The molecule has 1 heterocycles. The Morgan fingerprint density at radius 1 is 1.14 bits per heavy atom. The Morgan fingerprint density at radius 2 is 1.76 bits per heavy atom. The summed E-state index contributed by atoms with van der Waals surface area (Å²) >= 11 is 0. The number of hydrogen-bond donors (Lipinski definition) is 2. The van der Waals surface area contributed by atoms with E-state index in [0.717, 1.165) is 12.1 Å². The smallest absolute Gasteiger partial charge is 0.261 e. The molecule has 0 amide bonds. The molecule has 112 valence electrons. The van der Waals surface area contributed by atoms with Gasteiger partial charge >= 0.3 is 0 Å². The van der Waals surface area contributed by atoms with Crippen LogP contribution in [0, 0.1) is 0 Å². The van der Waals surface area contributed by atoms with Crippen molar-refractivity contribution in [2.75, 3.05) is 11.3 Å². The third kappa shape index (κ3) is 3.99. The van der Waals surface area contributed by atoms with Gasteiger partial charge in [-0.1, -0.05) is 19.1 Å². The largest absolute Gasteiger partial charge is 0.310 e. The normalized spacial score (nSPS) is 12.9. The molecule has 6 nitrogen and oxygen atoms in total. The SMILES string of the molecule is CCNC(C)c1ccc(S(=O)(=O)Nc2cncnc2)cc1. The highest BCUT2D eigenvalue weighted by atomic mass is 32.2. The molecule has 0 aliphatic heterocycles. The molecular weight excluding hydrogens is 288 g/mol. The zero-order valence-corrected chi connectivity index (χ0v) is 12.8. The number of rotatable bonds is 6. The van der Waals surface area contributed by atoms with Crippen molar-refractivity contribution >= 4 is 15.7 Å². The third-order valence-corrected chi connectivity index (χ3v) is 4.41. The molecule has 0 aliphatic rings. The van der Waals surface area contributed by atoms with Crippen LogP contribution in [0.25, 0.3) is 0 Å². The monoisotopic (exact) mass is 306 g/mol. The third-order valence-electron chi connectivity index (χ3n) is 3.01. The van der Waals surface area contributed by atoms with Gasteiger partial charge in [0, 0.05) is 6.04 Å². The molecule has 2 N–H and O–H groups in total. The maximum absolute atomic E-state index is 12.2. The summed E-state index contributed by atoms with van der Waals surface area (Å²) in [6.45, 7) is 4.92. The average Bonchev–Trinajstić information content (AvgIpc) is 2.48. The second kappa shape index (κ2) is 6.64. The van der Waals surface area contributed by atoms with Crippen LogP contribution in [0.1, 0.15) is 25.5 Å². The minimum Gasteiger partial charge on any atom is -0.310 e. The van der Waals surface area contributed by atoms with Gasteiger partial charge in [0.05, 0.1) is 23.0 Å². The summed E-state index contributed by atoms with van der Waals surface area (Å²) in [7, 11) is -3.62. The summed E-state index contributed by atoms with van der Waals surface area (Å²) in [5.41, 5.74) is 1.38. The van der Waals surface area contributed by atoms with Crippen LogP contribution < -0.4 is 10.0 Å². The van der Waals surface area contributed by atoms with E-state index in [-0.39, 0.29) is 10.9 Å². The van der Waals surface area contributed by atoms with Crippen LogP contribution in [0.5, 0.6) is 0 Å². The summed E-state index contributed by atoms with van der Waals surface area (Å²) in [5.74, 6) is 0. The van der Waals surface area contributed by atoms with E-state index in [0.29, 0.717) is 5.69 Å². The lowest BCUT2D eigenvalue weighted by Crippen LogP contribution is -2.18. The Balaban J connectivity index is 2.17. The standard InChI is InChI=1S/C14H18N4O2S/c1-3-17-11(2)12-4-6-14(7-5-12)21(19,20)18-13-8-15-10-16-9-13/h4-11,17-18H,3H2,1-2H3. The minimum absolute atomic E-state index is 0.183. The molecule has 0 spiro atoms. The highest BCUT2D eigenvalue weighted by Crippen LogP contribution is 2.18. The molecule has 0 aliphatic carbocycles. The van der Waals surface area contributed by atoms with Crippen LogP contribution in [0.2, 0.25) is 0 Å². The highest BCUT2D eigenvalue weighted by Gasteiger charge is 2.15. The van der Waals surface area contributed by atoms with E-state index in [1.165, 1.54) is 18.7 Å². The van der Waals surface area contributed by atoms with Gasteiger partial charge in [-0.3, -0.25) is 4.72 Å². The van der Waals surface area contributed by atoms with E-state index >= 15 is 0 Å². The van der Waals surface area contributed by atoms with Crippen LogP contribution in [-0.4, -0.2) is 24.9 Å². The Morgan fingerprint density at radius 3 is 2.33 bits per heavy atom. The summed E-state index contributed by atoms with van der Waals surface area (Å²) < 4.78 is 26.9. The molecule has 2 aromatic rings. The molecule has 0 saturated heterocycles. The lowest BCUT2D eigenvalue weighted by Gasteiger charge is -2.13. The van der Waals surface area contributed by atoms with Gasteiger partial charge in [0.15, 0.2) is 0 Å². The van der Waals surface area contributed by atoms with Crippen molar-refractivity contribution in [1.82, 2.24) is 15.3 Å². The number of benzene rings is 1. The van der Waals surface area contributed by atoms with Crippen LogP contribution in [0.15, 0.2) is 47.9 Å². The van der Waals surface area contributed by atoms with Crippen molar-refractivity contribution in [1.29, 1.82) is 0 Å². The lowest BCUT2D eigenvalue weighted by molar-refractivity contribution is 0.594. The Labute approximate surface area is 124 Å². The molecule has 2 rings (SSSR count). The van der Waals surface area contributed by atoms with E-state index in [9.17, 15) is 8.42 Å². The van der Waals surface area contributed by atoms with E-state index in [4.69, 9.17) is 0 Å². The topological polar surface area (TPSA) is 84.0 Å². The molecule has 1 aromatic carbocycles. The fourth-order valence-electron chi connectivity index (χ4n) is 1.93. The zero-order valence-electron chi connectivity index (χ0n) is 11.9. The summed E-state index contributed by atoms with van der Waals surface area (Å²) in [6, 6.07) is 6.99. The number of hydrogen-bond acceptors (Lipinski definition) is 5. The van der Waals surface area contributed by atoms with Crippen LogP contribution in [0.4, 0.5) is 5.69 Å². The average molecular weight is 306 g/mol. The van der Waals surface area contributed by atoms with Crippen molar-refractivity contribution in [3.63, 3.8) is 0 Å². The van der Waals surface area contributed by atoms with E-state index in [2.05, 4.69) is 20.0 Å². The van der Waals surface area contributed by atoms with Crippen LogP contribution in [0.3, 0.4) is 0 Å². The van der Waals surface area contributed by atoms with Crippen molar-refractivity contribution in [2.24, 2.45) is 0 Å². The van der Waals surface area contributed by atoms with Gasteiger partial charge in [-0.25, -0.2) is 18.4 Å². The molecule has 1 atom stereocenters. The molecule has 1 unspecified atom stereocenters. The van der Waals surface area contributed by atoms with Gasteiger partial charge in [0.1, 0.15) is 6.33 Å². The van der Waals surface area contributed by atoms with Gasteiger partial charge in [-0.2, -0.15) is 0 Å². The Hall–Kier alpha value is -1.99. The van der Waals surface area contributed by atoms with Gasteiger partial charge in [-0.15, -0.1) is 0 Å². The maximum atomic E-state index is 12.2. The van der Waals surface area contributed by atoms with E-state index in [1.807, 2.05) is 26.0 Å². The van der Waals surface area contributed by atoms with Crippen molar-refractivity contribution in [3.8, 4) is 0 Å². The van der Waals surface area contributed by atoms with E-state index < -0.39 is 10.0 Å². The number of nitrogens with zero attached hydrogens (tertiary/aromatic N) is 2. The second-order valence-corrected chi connectivity index (χ2v) is 6.26. The van der Waals surface area contributed by atoms with Crippen molar-refractivity contribution < 1.29 is 8.42 Å². The first kappa shape index (κ1) is 15.4. The summed E-state index contributed by atoms with van der Waals surface area (Å²) in [4.78, 5) is 7.76. The minimum atomic E-state index is -3.62. The second-order valence-electron chi connectivity index (χ2n) is 4.58. The quantitative estimate of drug-likeness (QED) is 0.852. The Bertz CT molecular complexity index is 672. The zero-order chi connectivity index (χ0) is 15.3. The first-order chi connectivity index (χ1) is 10.0.